The molecule has 20 heavy (non-hydrogen) atoms. The summed E-state index contributed by atoms with van der Waals surface area (Å²) in [7, 11) is 0. The Bertz CT molecular complexity index is 391. The maximum absolute atomic E-state index is 11.1. The second-order valence-corrected chi connectivity index (χ2v) is 5.53. The lowest BCUT2D eigenvalue weighted by Gasteiger charge is -2.31. The number of carboxylic acid groups (broad SMARTS) is 1. The minimum atomic E-state index is -0.717. The van der Waals surface area contributed by atoms with E-state index in [9.17, 15) is 4.79 Å². The first-order chi connectivity index (χ1) is 9.56. The average Bonchev–Trinajstić information content (AvgIpc) is 2.46. The molecule has 3 nitrogen and oxygen atoms in total. The number of aliphatic carboxylic acids is 1. The first kappa shape index (κ1) is 16.7. The van der Waals surface area contributed by atoms with Crippen molar-refractivity contribution in [2.45, 2.75) is 46.1 Å². The van der Waals surface area contributed by atoms with Crippen molar-refractivity contribution in [3.63, 3.8) is 0 Å². The number of nitrogens with zero attached hydrogens (tertiary/aromatic N) is 1. The van der Waals surface area contributed by atoms with Crippen LogP contribution in [-0.4, -0.2) is 29.1 Å². The van der Waals surface area contributed by atoms with E-state index in [0.29, 0.717) is 6.54 Å². The van der Waals surface area contributed by atoms with Crippen molar-refractivity contribution >= 4 is 5.97 Å². The molecule has 1 aromatic rings. The van der Waals surface area contributed by atoms with Gasteiger partial charge in [0.2, 0.25) is 0 Å². The number of rotatable bonds is 9. The quantitative estimate of drug-likeness (QED) is 0.695. The second kappa shape index (κ2) is 8.75. The van der Waals surface area contributed by atoms with Gasteiger partial charge < -0.3 is 5.11 Å². The molecule has 1 aromatic carbocycles. The fraction of sp³-hybridized carbons (Fsp3) is 0.588. The number of carbonyl (C=O) groups is 1. The van der Waals surface area contributed by atoms with Gasteiger partial charge in [0.15, 0.2) is 0 Å². The largest absolute Gasteiger partial charge is 0.481 e. The molecule has 0 fully saturated rings. The van der Waals surface area contributed by atoms with E-state index in [2.05, 4.69) is 30.9 Å². The topological polar surface area (TPSA) is 40.5 Å². The molecule has 0 heterocycles. The van der Waals surface area contributed by atoms with Gasteiger partial charge in [-0.3, -0.25) is 9.69 Å². The molecule has 1 N–H and O–H groups in total. The highest BCUT2D eigenvalue weighted by atomic mass is 16.4. The van der Waals surface area contributed by atoms with E-state index in [1.165, 1.54) is 18.4 Å². The smallest absolute Gasteiger partial charge is 0.307 e. The Morgan fingerprint density at radius 3 is 2.40 bits per heavy atom. The lowest BCUT2D eigenvalue weighted by atomic mass is 10.0. The molecule has 2 unspecified atom stereocenters. The molecule has 0 aliphatic heterocycles. The summed E-state index contributed by atoms with van der Waals surface area (Å²) in [5.41, 5.74) is 1.25. The Hall–Kier alpha value is -1.35. The van der Waals surface area contributed by atoms with Crippen LogP contribution >= 0.6 is 0 Å². The zero-order valence-electron chi connectivity index (χ0n) is 12.9. The first-order valence-electron chi connectivity index (χ1n) is 7.58. The molecule has 0 spiro atoms. The van der Waals surface area contributed by atoms with Crippen molar-refractivity contribution in [3.05, 3.63) is 35.9 Å². The van der Waals surface area contributed by atoms with Gasteiger partial charge in [0.05, 0.1) is 5.92 Å². The van der Waals surface area contributed by atoms with Crippen molar-refractivity contribution in [3.8, 4) is 0 Å². The normalized spacial score (nSPS) is 14.2. The summed E-state index contributed by atoms with van der Waals surface area (Å²) < 4.78 is 0. The average molecular weight is 277 g/mol. The van der Waals surface area contributed by atoms with E-state index in [0.717, 1.165) is 13.0 Å². The van der Waals surface area contributed by atoms with Crippen molar-refractivity contribution in [2.24, 2.45) is 5.92 Å². The zero-order chi connectivity index (χ0) is 15.0. The third kappa shape index (κ3) is 5.33. The Morgan fingerprint density at radius 2 is 1.85 bits per heavy atom. The van der Waals surface area contributed by atoms with Crippen LogP contribution in [-0.2, 0) is 4.79 Å². The van der Waals surface area contributed by atoms with Crippen LogP contribution in [0.15, 0.2) is 30.3 Å². The number of carboxylic acids is 1. The van der Waals surface area contributed by atoms with Crippen molar-refractivity contribution in [1.29, 1.82) is 0 Å². The predicted octanol–water partition coefficient (Wildman–Crippen LogP) is 3.96. The molecule has 0 aliphatic rings. The van der Waals surface area contributed by atoms with Crippen LogP contribution in [0.4, 0.5) is 0 Å². The Balaban J connectivity index is 2.72. The molecule has 0 aromatic heterocycles. The SMILES string of the molecule is CCCCCN(CC(C)C(=O)O)C(C)c1ccccc1. The van der Waals surface area contributed by atoms with E-state index in [4.69, 9.17) is 5.11 Å². The lowest BCUT2D eigenvalue weighted by molar-refractivity contribution is -0.141. The number of unbranched alkanes of at least 4 members (excludes halogenated alkanes) is 2. The molecule has 0 amide bonds. The molecule has 0 saturated heterocycles. The van der Waals surface area contributed by atoms with Crippen molar-refractivity contribution < 1.29 is 9.90 Å². The predicted molar refractivity (Wildman–Crippen MR) is 82.8 cm³/mol. The van der Waals surface area contributed by atoms with Crippen LogP contribution in [0.5, 0.6) is 0 Å². The molecule has 0 saturated carbocycles. The molecule has 112 valence electrons. The van der Waals surface area contributed by atoms with Crippen LogP contribution < -0.4 is 0 Å². The summed E-state index contributed by atoms with van der Waals surface area (Å²) in [5.74, 6) is -1.05. The van der Waals surface area contributed by atoms with Crippen LogP contribution in [0.25, 0.3) is 0 Å². The summed E-state index contributed by atoms with van der Waals surface area (Å²) in [6.07, 6.45) is 3.50. The molecule has 2 atom stereocenters. The summed E-state index contributed by atoms with van der Waals surface area (Å²) in [6, 6.07) is 10.6. The summed E-state index contributed by atoms with van der Waals surface area (Å²) in [6.45, 7) is 7.70. The van der Waals surface area contributed by atoms with Crippen LogP contribution in [0.1, 0.15) is 51.6 Å². The molecular weight excluding hydrogens is 250 g/mol. The van der Waals surface area contributed by atoms with Gasteiger partial charge in [-0.15, -0.1) is 0 Å². The van der Waals surface area contributed by atoms with Gasteiger partial charge in [0.25, 0.3) is 0 Å². The highest BCUT2D eigenvalue weighted by Gasteiger charge is 2.21. The maximum Gasteiger partial charge on any atom is 0.307 e. The number of hydrogen-bond donors (Lipinski definition) is 1. The van der Waals surface area contributed by atoms with Gasteiger partial charge >= 0.3 is 5.97 Å². The molecule has 0 aliphatic carbocycles. The molecule has 0 bridgehead atoms. The minimum Gasteiger partial charge on any atom is -0.481 e. The molecule has 0 radical (unpaired) electrons. The number of benzene rings is 1. The lowest BCUT2D eigenvalue weighted by Crippen LogP contribution is -2.34. The van der Waals surface area contributed by atoms with Gasteiger partial charge in [0, 0.05) is 12.6 Å². The first-order valence-corrected chi connectivity index (χ1v) is 7.58. The molecular formula is C17H27NO2. The highest BCUT2D eigenvalue weighted by molar-refractivity contribution is 5.69. The molecule has 3 heteroatoms. The van der Waals surface area contributed by atoms with Gasteiger partial charge in [0.1, 0.15) is 0 Å². The van der Waals surface area contributed by atoms with Gasteiger partial charge in [-0.25, -0.2) is 0 Å². The third-order valence-electron chi connectivity index (χ3n) is 3.81. The number of hydrogen-bond acceptors (Lipinski definition) is 2. The summed E-state index contributed by atoms with van der Waals surface area (Å²) in [5, 5.41) is 9.13. The standard InChI is InChI=1S/C17H27NO2/c1-4-5-9-12-18(13-14(2)17(19)20)15(3)16-10-7-6-8-11-16/h6-8,10-11,14-15H,4-5,9,12-13H2,1-3H3,(H,19,20). The summed E-state index contributed by atoms with van der Waals surface area (Å²) in [4.78, 5) is 13.4. The highest BCUT2D eigenvalue weighted by Crippen LogP contribution is 2.21. The Kier molecular flexibility index (Phi) is 7.31. The van der Waals surface area contributed by atoms with Crippen LogP contribution in [0.2, 0.25) is 0 Å². The van der Waals surface area contributed by atoms with E-state index in [1.54, 1.807) is 6.92 Å². The second-order valence-electron chi connectivity index (χ2n) is 5.53. The third-order valence-corrected chi connectivity index (χ3v) is 3.81. The van der Waals surface area contributed by atoms with E-state index in [1.807, 2.05) is 18.2 Å². The van der Waals surface area contributed by atoms with Gasteiger partial charge in [-0.1, -0.05) is 57.0 Å². The Labute approximate surface area is 122 Å². The van der Waals surface area contributed by atoms with E-state index in [-0.39, 0.29) is 12.0 Å². The van der Waals surface area contributed by atoms with E-state index >= 15 is 0 Å². The monoisotopic (exact) mass is 277 g/mol. The molecule has 1 rings (SSSR count). The fourth-order valence-corrected chi connectivity index (χ4v) is 2.38. The van der Waals surface area contributed by atoms with Crippen molar-refractivity contribution in [2.75, 3.05) is 13.1 Å². The van der Waals surface area contributed by atoms with Crippen LogP contribution in [0.3, 0.4) is 0 Å². The zero-order valence-corrected chi connectivity index (χ0v) is 12.9. The Morgan fingerprint density at radius 1 is 1.20 bits per heavy atom. The van der Waals surface area contributed by atoms with E-state index < -0.39 is 5.97 Å². The summed E-state index contributed by atoms with van der Waals surface area (Å²) >= 11 is 0. The minimum absolute atomic E-state index is 0.259. The van der Waals surface area contributed by atoms with Gasteiger partial charge in [-0.2, -0.15) is 0 Å². The maximum atomic E-state index is 11.1. The van der Waals surface area contributed by atoms with Crippen molar-refractivity contribution in [1.82, 2.24) is 4.90 Å². The van der Waals surface area contributed by atoms with Crippen LogP contribution in [0, 0.1) is 5.92 Å². The fourth-order valence-electron chi connectivity index (χ4n) is 2.38. The van der Waals surface area contributed by atoms with Gasteiger partial charge in [-0.05, 0) is 25.5 Å².